The third kappa shape index (κ3) is 4.56. The molecule has 0 spiro atoms. The molecule has 2 aromatic heterocycles. The fraction of sp³-hybridized carbons (Fsp3) is 0.280. The number of anilines is 1. The Morgan fingerprint density at radius 3 is 2.64 bits per heavy atom. The number of aromatic nitrogens is 4. The van der Waals surface area contributed by atoms with Crippen molar-refractivity contribution in [1.29, 1.82) is 0 Å². The molecule has 1 aliphatic carbocycles. The highest BCUT2D eigenvalue weighted by Crippen LogP contribution is 2.43. The summed E-state index contributed by atoms with van der Waals surface area (Å²) in [6, 6.07) is 9.42. The molecule has 0 amide bonds. The zero-order valence-electron chi connectivity index (χ0n) is 19.0. The van der Waals surface area contributed by atoms with Crippen LogP contribution in [-0.4, -0.2) is 30.8 Å². The first-order valence-electron chi connectivity index (χ1n) is 11.5. The van der Waals surface area contributed by atoms with Gasteiger partial charge in [0.2, 0.25) is 0 Å². The van der Waals surface area contributed by atoms with Gasteiger partial charge in [0.15, 0.2) is 11.5 Å². The maximum absolute atomic E-state index is 15.5. The van der Waals surface area contributed by atoms with Gasteiger partial charge >= 0.3 is 12.0 Å². The summed E-state index contributed by atoms with van der Waals surface area (Å²) in [5, 5.41) is 17.7. The van der Waals surface area contributed by atoms with Gasteiger partial charge in [-0.3, -0.25) is 9.36 Å². The fourth-order valence-corrected chi connectivity index (χ4v) is 5.13. The molecule has 0 unspecified atom stereocenters. The van der Waals surface area contributed by atoms with Crippen molar-refractivity contribution in [3.8, 4) is 28.5 Å². The average molecular weight is 530 g/mol. The van der Waals surface area contributed by atoms with Crippen LogP contribution in [0.5, 0.6) is 0 Å². The second kappa shape index (κ2) is 9.91. The summed E-state index contributed by atoms with van der Waals surface area (Å²) in [7, 11) is 0. The van der Waals surface area contributed by atoms with Crippen molar-refractivity contribution in [1.82, 2.24) is 19.7 Å². The van der Waals surface area contributed by atoms with E-state index in [4.69, 9.17) is 38.3 Å². The molecule has 3 N–H and O–H groups in total. The highest BCUT2D eigenvalue weighted by atomic mass is 35.5. The number of aliphatic carboxylic acids is 1. The number of carboxylic acid groups (broad SMARTS) is 1. The molecule has 0 radical (unpaired) electrons. The standard InChI is InChI=1S/C25H22Cl2FN5O3/c26-15-10-9-14(11-19(34)35)18(12-15)33-22(16-7-4-8-17(27)20(16)28)21(24-31-32-25(29)36-24)30-23(33)13-5-2-1-3-6-13/h4,7-10,12-13H,1-3,5-6,11H2,(H2,29,32)(H,34,35). The SMILES string of the molecule is Nc1nnc(-c2nc(C3CCCCC3)n(-c3cc(Cl)ccc3CC(=O)O)c2-c2cccc(Cl)c2F)o1. The minimum Gasteiger partial charge on any atom is -0.481 e. The van der Waals surface area contributed by atoms with Crippen LogP contribution in [0, 0.1) is 5.82 Å². The molecule has 11 heteroatoms. The lowest BCUT2D eigenvalue weighted by atomic mass is 9.88. The highest BCUT2D eigenvalue weighted by Gasteiger charge is 2.32. The average Bonchev–Trinajstić information content (AvgIpc) is 3.46. The Morgan fingerprint density at radius 2 is 1.94 bits per heavy atom. The van der Waals surface area contributed by atoms with Crippen LogP contribution in [0.15, 0.2) is 40.8 Å². The second-order valence-corrected chi connectivity index (χ2v) is 9.57. The van der Waals surface area contributed by atoms with E-state index in [0.717, 1.165) is 32.1 Å². The Balaban J connectivity index is 1.89. The Labute approximate surface area is 215 Å². The summed E-state index contributed by atoms with van der Waals surface area (Å²) in [4.78, 5) is 16.6. The number of nitrogen functional groups attached to an aromatic ring is 1. The molecule has 1 saturated carbocycles. The zero-order valence-corrected chi connectivity index (χ0v) is 20.6. The van der Waals surface area contributed by atoms with Crippen molar-refractivity contribution in [3.63, 3.8) is 0 Å². The van der Waals surface area contributed by atoms with E-state index in [-0.39, 0.29) is 40.5 Å². The van der Waals surface area contributed by atoms with Gasteiger partial charge in [-0.05, 0) is 42.7 Å². The summed E-state index contributed by atoms with van der Waals surface area (Å²) in [5.74, 6) is -1.00. The molecular weight excluding hydrogens is 508 g/mol. The van der Waals surface area contributed by atoms with Crippen molar-refractivity contribution >= 4 is 35.2 Å². The first-order valence-corrected chi connectivity index (χ1v) is 12.3. The normalized spacial score (nSPS) is 14.3. The van der Waals surface area contributed by atoms with Crippen LogP contribution in [0.2, 0.25) is 10.0 Å². The van der Waals surface area contributed by atoms with Crippen LogP contribution >= 0.6 is 23.2 Å². The van der Waals surface area contributed by atoms with Crippen LogP contribution in [-0.2, 0) is 11.2 Å². The van der Waals surface area contributed by atoms with Crippen LogP contribution in [0.25, 0.3) is 28.5 Å². The van der Waals surface area contributed by atoms with Crippen molar-refractivity contribution in [2.24, 2.45) is 0 Å². The Kier molecular flexibility index (Phi) is 6.68. The van der Waals surface area contributed by atoms with E-state index in [0.29, 0.717) is 27.8 Å². The van der Waals surface area contributed by atoms with E-state index >= 15 is 4.39 Å². The van der Waals surface area contributed by atoms with E-state index in [1.165, 1.54) is 6.07 Å². The number of benzene rings is 2. The van der Waals surface area contributed by atoms with E-state index in [9.17, 15) is 9.90 Å². The minimum atomic E-state index is -1.02. The van der Waals surface area contributed by atoms with Crippen molar-refractivity contribution in [3.05, 3.63) is 63.6 Å². The number of hydrogen-bond donors (Lipinski definition) is 2. The van der Waals surface area contributed by atoms with Crippen LogP contribution in [0.4, 0.5) is 10.4 Å². The number of nitrogens with zero attached hydrogens (tertiary/aromatic N) is 4. The summed E-state index contributed by atoms with van der Waals surface area (Å²) < 4.78 is 22.8. The lowest BCUT2D eigenvalue weighted by molar-refractivity contribution is -0.136. The van der Waals surface area contributed by atoms with Gasteiger partial charge in [0.05, 0.1) is 22.8 Å². The van der Waals surface area contributed by atoms with Gasteiger partial charge in [0.25, 0.3) is 5.89 Å². The predicted molar refractivity (Wildman–Crippen MR) is 134 cm³/mol. The summed E-state index contributed by atoms with van der Waals surface area (Å²) in [5.41, 5.74) is 7.34. The number of halogens is 3. The molecule has 36 heavy (non-hydrogen) atoms. The number of imidazole rings is 1. The summed E-state index contributed by atoms with van der Waals surface area (Å²) in [6.07, 6.45) is 4.61. The first kappa shape index (κ1) is 24.3. The fourth-order valence-electron chi connectivity index (χ4n) is 4.79. The predicted octanol–water partition coefficient (Wildman–Crippen LogP) is 6.29. The van der Waals surface area contributed by atoms with Crippen LogP contribution < -0.4 is 5.73 Å². The number of hydrogen-bond acceptors (Lipinski definition) is 6. The van der Waals surface area contributed by atoms with E-state index in [1.54, 1.807) is 34.9 Å². The van der Waals surface area contributed by atoms with Gasteiger partial charge in [0, 0.05) is 16.5 Å². The van der Waals surface area contributed by atoms with E-state index < -0.39 is 11.8 Å². The van der Waals surface area contributed by atoms with E-state index in [2.05, 4.69) is 10.2 Å². The molecule has 0 saturated heterocycles. The van der Waals surface area contributed by atoms with Gasteiger partial charge in [-0.2, -0.15) is 0 Å². The smallest absolute Gasteiger partial charge is 0.313 e. The molecule has 2 aromatic carbocycles. The molecule has 5 rings (SSSR count). The molecule has 4 aromatic rings. The van der Waals surface area contributed by atoms with Crippen molar-refractivity contribution in [2.75, 3.05) is 5.73 Å². The summed E-state index contributed by atoms with van der Waals surface area (Å²) in [6.45, 7) is 0. The van der Waals surface area contributed by atoms with Crippen molar-refractivity contribution < 1.29 is 18.7 Å². The Bertz CT molecular complexity index is 1450. The van der Waals surface area contributed by atoms with E-state index in [1.807, 2.05) is 0 Å². The number of nitrogens with two attached hydrogens (primary N) is 1. The molecule has 1 aliphatic rings. The Hall–Kier alpha value is -3.43. The van der Waals surface area contributed by atoms with Crippen LogP contribution in [0.3, 0.4) is 0 Å². The molecule has 0 aliphatic heterocycles. The van der Waals surface area contributed by atoms with Gasteiger partial charge in [-0.15, -0.1) is 5.10 Å². The monoisotopic (exact) mass is 529 g/mol. The topological polar surface area (TPSA) is 120 Å². The molecule has 1 fully saturated rings. The lowest BCUT2D eigenvalue weighted by Gasteiger charge is -2.24. The maximum Gasteiger partial charge on any atom is 0.313 e. The maximum atomic E-state index is 15.5. The number of carbonyl (C=O) groups is 1. The lowest BCUT2D eigenvalue weighted by Crippen LogP contribution is -2.14. The number of carboxylic acids is 1. The third-order valence-corrected chi connectivity index (χ3v) is 6.88. The first-order chi connectivity index (χ1) is 17.3. The molecule has 2 heterocycles. The molecule has 186 valence electrons. The number of rotatable bonds is 6. The van der Waals surface area contributed by atoms with Crippen LogP contribution in [0.1, 0.15) is 49.4 Å². The molecule has 0 bridgehead atoms. The molecular formula is C25H22Cl2FN5O3. The van der Waals surface area contributed by atoms with Crippen molar-refractivity contribution in [2.45, 2.75) is 44.4 Å². The second-order valence-electron chi connectivity index (χ2n) is 8.73. The third-order valence-electron chi connectivity index (χ3n) is 6.35. The quantitative estimate of drug-likeness (QED) is 0.301. The van der Waals surface area contributed by atoms with Gasteiger partial charge < -0.3 is 15.3 Å². The minimum absolute atomic E-state index is 0.0134. The zero-order chi connectivity index (χ0) is 25.4. The Morgan fingerprint density at radius 1 is 1.17 bits per heavy atom. The van der Waals surface area contributed by atoms with Gasteiger partial charge in [-0.1, -0.05) is 59.7 Å². The van der Waals surface area contributed by atoms with Gasteiger partial charge in [-0.25, -0.2) is 9.37 Å². The largest absolute Gasteiger partial charge is 0.481 e. The molecule has 8 nitrogen and oxygen atoms in total. The molecule has 0 atom stereocenters. The summed E-state index contributed by atoms with van der Waals surface area (Å²) >= 11 is 12.6. The highest BCUT2D eigenvalue weighted by molar-refractivity contribution is 6.31. The van der Waals surface area contributed by atoms with Gasteiger partial charge in [0.1, 0.15) is 5.82 Å².